The molecule has 1 rings (SSSR count). The summed E-state index contributed by atoms with van der Waals surface area (Å²) in [5, 5.41) is 15.0. The Hall–Kier alpha value is -1.75. The largest absolute Gasteiger partial charge is 0.496 e. The first kappa shape index (κ1) is 17.3. The maximum absolute atomic E-state index is 11.7. The number of amides is 2. The molecule has 118 valence electrons. The summed E-state index contributed by atoms with van der Waals surface area (Å²) in [4.78, 5) is 11.7. The number of carbonyl (C=O) groups is 1. The van der Waals surface area contributed by atoms with Gasteiger partial charge in [0.05, 0.1) is 13.2 Å². The van der Waals surface area contributed by atoms with Crippen molar-refractivity contribution < 1.29 is 14.6 Å². The zero-order chi connectivity index (χ0) is 15.7. The predicted octanol–water partition coefficient (Wildman–Crippen LogP) is 2.26. The van der Waals surface area contributed by atoms with Crippen LogP contribution in [0.25, 0.3) is 0 Å². The lowest BCUT2D eigenvalue weighted by atomic mass is 10.0. The molecule has 5 heteroatoms. The van der Waals surface area contributed by atoms with E-state index >= 15 is 0 Å². The van der Waals surface area contributed by atoms with Crippen LogP contribution in [0.1, 0.15) is 38.2 Å². The zero-order valence-corrected chi connectivity index (χ0v) is 13.1. The summed E-state index contributed by atoms with van der Waals surface area (Å²) in [5.41, 5.74) is 1.06. The summed E-state index contributed by atoms with van der Waals surface area (Å²) in [6.07, 6.45) is 1.11. The summed E-state index contributed by atoms with van der Waals surface area (Å²) in [6, 6.07) is 7.52. The third-order valence-electron chi connectivity index (χ3n) is 3.36. The number of urea groups is 1. The monoisotopic (exact) mass is 294 g/mol. The fourth-order valence-electron chi connectivity index (χ4n) is 2.14. The van der Waals surface area contributed by atoms with E-state index in [0.29, 0.717) is 13.0 Å². The molecule has 0 saturated carbocycles. The van der Waals surface area contributed by atoms with Crippen molar-refractivity contribution >= 4 is 6.03 Å². The Labute approximate surface area is 126 Å². The molecule has 0 aromatic heterocycles. The molecule has 0 saturated heterocycles. The van der Waals surface area contributed by atoms with E-state index in [1.807, 2.05) is 38.1 Å². The quantitative estimate of drug-likeness (QED) is 0.689. The standard InChI is InChI=1S/C16H26N2O3/c1-4-7-13(19)11-18-16(20)17-10-12(2)14-8-5-6-9-15(14)21-3/h5-6,8-9,12-13,19H,4,7,10-11H2,1-3H3,(H2,17,18,20). The van der Waals surface area contributed by atoms with E-state index in [9.17, 15) is 9.90 Å². The van der Waals surface area contributed by atoms with E-state index in [1.165, 1.54) is 0 Å². The van der Waals surface area contributed by atoms with Crippen LogP contribution < -0.4 is 15.4 Å². The van der Waals surface area contributed by atoms with Crippen molar-refractivity contribution in [3.8, 4) is 5.75 Å². The molecule has 5 nitrogen and oxygen atoms in total. The fourth-order valence-corrected chi connectivity index (χ4v) is 2.14. The van der Waals surface area contributed by atoms with E-state index in [1.54, 1.807) is 7.11 Å². The number of hydrogen-bond acceptors (Lipinski definition) is 3. The molecule has 0 fully saturated rings. The summed E-state index contributed by atoms with van der Waals surface area (Å²) >= 11 is 0. The van der Waals surface area contributed by atoms with Gasteiger partial charge in [-0.25, -0.2) is 4.79 Å². The van der Waals surface area contributed by atoms with Crippen molar-refractivity contribution in [2.24, 2.45) is 0 Å². The van der Waals surface area contributed by atoms with Gasteiger partial charge in [-0.2, -0.15) is 0 Å². The van der Waals surface area contributed by atoms with E-state index in [-0.39, 0.29) is 18.5 Å². The Morgan fingerprint density at radius 2 is 1.95 bits per heavy atom. The third-order valence-corrected chi connectivity index (χ3v) is 3.36. The van der Waals surface area contributed by atoms with Crippen LogP contribution in [0.2, 0.25) is 0 Å². The van der Waals surface area contributed by atoms with Gasteiger partial charge in [0.25, 0.3) is 0 Å². The van der Waals surface area contributed by atoms with Gasteiger partial charge in [-0.1, -0.05) is 38.5 Å². The van der Waals surface area contributed by atoms with Crippen molar-refractivity contribution in [1.82, 2.24) is 10.6 Å². The smallest absolute Gasteiger partial charge is 0.314 e. The van der Waals surface area contributed by atoms with Crippen LogP contribution in [0.3, 0.4) is 0 Å². The summed E-state index contributed by atoms with van der Waals surface area (Å²) in [5.74, 6) is 0.970. The van der Waals surface area contributed by atoms with Crippen molar-refractivity contribution in [3.05, 3.63) is 29.8 Å². The number of ether oxygens (including phenoxy) is 1. The Kier molecular flexibility index (Phi) is 7.61. The molecule has 0 aliphatic heterocycles. The molecule has 3 N–H and O–H groups in total. The number of rotatable bonds is 8. The number of para-hydroxylation sites is 1. The van der Waals surface area contributed by atoms with Crippen LogP contribution in [-0.2, 0) is 0 Å². The van der Waals surface area contributed by atoms with Crippen LogP contribution in [0.5, 0.6) is 5.75 Å². The van der Waals surface area contributed by atoms with Crippen LogP contribution in [-0.4, -0.2) is 37.4 Å². The van der Waals surface area contributed by atoms with E-state index < -0.39 is 6.10 Å². The minimum absolute atomic E-state index is 0.146. The average Bonchev–Trinajstić information content (AvgIpc) is 2.50. The van der Waals surface area contributed by atoms with Gasteiger partial charge in [-0.05, 0) is 18.1 Å². The van der Waals surface area contributed by atoms with Gasteiger partial charge in [-0.3, -0.25) is 0 Å². The molecule has 2 unspecified atom stereocenters. The van der Waals surface area contributed by atoms with Crippen molar-refractivity contribution in [1.29, 1.82) is 0 Å². The number of hydrogen-bond donors (Lipinski definition) is 3. The van der Waals surface area contributed by atoms with Gasteiger partial charge in [0.15, 0.2) is 0 Å². The van der Waals surface area contributed by atoms with Gasteiger partial charge in [0.2, 0.25) is 0 Å². The Bertz CT molecular complexity index is 437. The van der Waals surface area contributed by atoms with Crippen LogP contribution in [0.15, 0.2) is 24.3 Å². The maximum atomic E-state index is 11.7. The molecule has 0 radical (unpaired) electrons. The van der Waals surface area contributed by atoms with E-state index in [0.717, 1.165) is 17.7 Å². The van der Waals surface area contributed by atoms with Crippen LogP contribution in [0, 0.1) is 0 Å². The molecule has 0 heterocycles. The van der Waals surface area contributed by atoms with Gasteiger partial charge >= 0.3 is 6.03 Å². The average molecular weight is 294 g/mol. The highest BCUT2D eigenvalue weighted by molar-refractivity contribution is 5.73. The lowest BCUT2D eigenvalue weighted by Gasteiger charge is -2.17. The third kappa shape index (κ3) is 6.04. The number of nitrogens with one attached hydrogen (secondary N) is 2. The maximum Gasteiger partial charge on any atom is 0.314 e. The highest BCUT2D eigenvalue weighted by Gasteiger charge is 2.12. The number of aliphatic hydroxyl groups excluding tert-OH is 1. The first-order chi connectivity index (χ1) is 10.1. The summed E-state index contributed by atoms with van der Waals surface area (Å²) in [7, 11) is 1.64. The van der Waals surface area contributed by atoms with E-state index in [2.05, 4.69) is 10.6 Å². The first-order valence-electron chi connectivity index (χ1n) is 7.41. The van der Waals surface area contributed by atoms with Crippen LogP contribution >= 0.6 is 0 Å². The molecule has 0 spiro atoms. The number of methoxy groups -OCH3 is 1. The summed E-state index contributed by atoms with van der Waals surface area (Å²) < 4.78 is 5.32. The number of aliphatic hydroxyl groups is 1. The van der Waals surface area contributed by atoms with Gasteiger partial charge in [0.1, 0.15) is 5.75 Å². The lowest BCUT2D eigenvalue weighted by Crippen LogP contribution is -2.41. The molecule has 1 aromatic rings. The molecule has 2 amide bonds. The fraction of sp³-hybridized carbons (Fsp3) is 0.562. The molecule has 0 aliphatic rings. The molecular weight excluding hydrogens is 268 g/mol. The molecule has 2 atom stereocenters. The molecule has 0 bridgehead atoms. The normalized spacial score (nSPS) is 13.3. The van der Waals surface area contributed by atoms with Gasteiger partial charge in [-0.15, -0.1) is 0 Å². The van der Waals surface area contributed by atoms with Gasteiger partial charge < -0.3 is 20.5 Å². The number of carbonyl (C=O) groups excluding carboxylic acids is 1. The SMILES string of the molecule is CCCC(O)CNC(=O)NCC(C)c1ccccc1OC. The highest BCUT2D eigenvalue weighted by Crippen LogP contribution is 2.25. The molecular formula is C16H26N2O3. The second-order valence-corrected chi connectivity index (χ2v) is 5.18. The Morgan fingerprint density at radius 3 is 2.62 bits per heavy atom. The highest BCUT2D eigenvalue weighted by atomic mass is 16.5. The molecule has 1 aromatic carbocycles. The van der Waals surface area contributed by atoms with Crippen molar-refractivity contribution in [3.63, 3.8) is 0 Å². The second kappa shape index (κ2) is 9.23. The Balaban J connectivity index is 2.38. The van der Waals surface area contributed by atoms with E-state index in [4.69, 9.17) is 4.74 Å². The second-order valence-electron chi connectivity index (χ2n) is 5.18. The van der Waals surface area contributed by atoms with Crippen LogP contribution in [0.4, 0.5) is 4.79 Å². The summed E-state index contributed by atoms with van der Waals surface area (Å²) in [6.45, 7) is 4.82. The zero-order valence-electron chi connectivity index (χ0n) is 13.1. The van der Waals surface area contributed by atoms with Crippen molar-refractivity contribution in [2.75, 3.05) is 20.2 Å². The first-order valence-corrected chi connectivity index (χ1v) is 7.41. The molecule has 21 heavy (non-hydrogen) atoms. The minimum Gasteiger partial charge on any atom is -0.496 e. The minimum atomic E-state index is -0.479. The van der Waals surface area contributed by atoms with Gasteiger partial charge in [0, 0.05) is 19.0 Å². The predicted molar refractivity (Wildman–Crippen MR) is 83.7 cm³/mol. The van der Waals surface area contributed by atoms with Crippen molar-refractivity contribution in [2.45, 2.75) is 38.7 Å². The molecule has 0 aliphatic carbocycles. The number of benzene rings is 1. The Morgan fingerprint density at radius 1 is 1.29 bits per heavy atom. The topological polar surface area (TPSA) is 70.6 Å². The lowest BCUT2D eigenvalue weighted by molar-refractivity contribution is 0.160.